The Morgan fingerprint density at radius 2 is 1.56 bits per heavy atom. The van der Waals surface area contributed by atoms with Crippen molar-refractivity contribution in [2.45, 2.75) is 6.92 Å². The quantitative estimate of drug-likeness (QED) is 0.421. The summed E-state index contributed by atoms with van der Waals surface area (Å²) in [4.78, 5) is 40.7. The minimum Gasteiger partial charge on any atom is -0.478 e. The van der Waals surface area contributed by atoms with Crippen LogP contribution < -0.4 is 26.2 Å². The van der Waals surface area contributed by atoms with Crippen LogP contribution in [-0.4, -0.2) is 35.6 Å². The molecule has 0 atom stereocenters. The molecule has 1 amide bonds. The van der Waals surface area contributed by atoms with Crippen LogP contribution in [0.3, 0.4) is 0 Å². The molecule has 0 bridgehead atoms. The molecule has 8 heteroatoms. The lowest BCUT2D eigenvalue weighted by molar-refractivity contribution is 0.0696. The zero-order valence-electron chi connectivity index (χ0n) is 21.7. The van der Waals surface area contributed by atoms with Gasteiger partial charge in [-0.25, -0.2) is 4.79 Å². The zero-order valence-corrected chi connectivity index (χ0v) is 21.7. The van der Waals surface area contributed by atoms with Crippen LogP contribution in [0.25, 0.3) is 17.8 Å². The number of pyridine rings is 1. The molecule has 0 radical (unpaired) electrons. The number of carboxylic acids is 1. The van der Waals surface area contributed by atoms with Crippen LogP contribution in [-0.2, 0) is 0 Å². The van der Waals surface area contributed by atoms with E-state index in [1.54, 1.807) is 31.2 Å². The maximum Gasteiger partial charge on any atom is 0.335 e. The monoisotopic (exact) mass is 518 g/mol. The van der Waals surface area contributed by atoms with Gasteiger partial charge in [0, 0.05) is 25.0 Å². The summed E-state index contributed by atoms with van der Waals surface area (Å²) in [6.45, 7) is 1.74. The molecule has 1 aliphatic rings. The first-order valence-electron chi connectivity index (χ1n) is 12.3. The smallest absolute Gasteiger partial charge is 0.335 e. The highest BCUT2D eigenvalue weighted by Gasteiger charge is 2.30. The van der Waals surface area contributed by atoms with Gasteiger partial charge in [-0.2, -0.15) is 5.01 Å². The maximum atomic E-state index is 13.8. The van der Waals surface area contributed by atoms with Crippen LogP contribution in [0.5, 0.6) is 0 Å². The van der Waals surface area contributed by atoms with Gasteiger partial charge in [-0.1, -0.05) is 42.5 Å². The summed E-state index contributed by atoms with van der Waals surface area (Å²) in [5.74, 6) is -1.46. The van der Waals surface area contributed by atoms with E-state index in [4.69, 9.17) is 0 Å². The van der Waals surface area contributed by atoms with Crippen molar-refractivity contribution in [3.63, 3.8) is 0 Å². The van der Waals surface area contributed by atoms with Crippen molar-refractivity contribution >= 4 is 35.4 Å². The molecule has 0 fully saturated rings. The number of hydrogen-bond acceptors (Lipinski definition) is 5. The van der Waals surface area contributed by atoms with Gasteiger partial charge in [0.15, 0.2) is 5.49 Å². The Balaban J connectivity index is 1.65. The number of carbonyl (C=O) groups is 2. The van der Waals surface area contributed by atoms with Crippen molar-refractivity contribution in [1.82, 2.24) is 4.57 Å². The number of carboxylic acid groups (broad SMARTS) is 1. The zero-order chi connectivity index (χ0) is 27.7. The van der Waals surface area contributed by atoms with Crippen molar-refractivity contribution in [2.24, 2.45) is 5.10 Å². The largest absolute Gasteiger partial charge is 0.478 e. The Kier molecular flexibility index (Phi) is 6.68. The van der Waals surface area contributed by atoms with Gasteiger partial charge in [-0.05, 0) is 72.7 Å². The molecule has 0 saturated heterocycles. The summed E-state index contributed by atoms with van der Waals surface area (Å²) in [5.41, 5.74) is 3.91. The number of nitrogens with zero attached hydrogens (tertiary/aromatic N) is 4. The molecule has 0 spiro atoms. The van der Waals surface area contributed by atoms with Gasteiger partial charge in [0.05, 0.1) is 22.5 Å². The van der Waals surface area contributed by atoms with E-state index in [1.807, 2.05) is 67.5 Å². The lowest BCUT2D eigenvalue weighted by Crippen LogP contribution is -2.45. The number of carbonyl (C=O) groups excluding carboxylic acids is 1. The molecule has 5 rings (SSSR count). The second-order valence-electron chi connectivity index (χ2n) is 9.29. The van der Waals surface area contributed by atoms with Crippen LogP contribution >= 0.6 is 0 Å². The summed E-state index contributed by atoms with van der Waals surface area (Å²) >= 11 is 0. The van der Waals surface area contributed by atoms with Gasteiger partial charge in [0.1, 0.15) is 0 Å². The molecule has 3 aromatic carbocycles. The van der Waals surface area contributed by atoms with Crippen molar-refractivity contribution in [1.29, 1.82) is 0 Å². The molecular formula is C31H26N4O4. The molecule has 0 aliphatic carbocycles. The number of anilines is 2. The fourth-order valence-corrected chi connectivity index (χ4v) is 4.46. The number of para-hydroxylation sites is 1. The Morgan fingerprint density at radius 1 is 0.897 bits per heavy atom. The number of benzene rings is 3. The van der Waals surface area contributed by atoms with E-state index in [0.717, 1.165) is 11.3 Å². The van der Waals surface area contributed by atoms with Crippen LogP contribution in [0.1, 0.15) is 31.8 Å². The summed E-state index contributed by atoms with van der Waals surface area (Å²) in [6, 6.07) is 22.9. The van der Waals surface area contributed by atoms with E-state index in [9.17, 15) is 19.5 Å². The third kappa shape index (κ3) is 4.75. The second-order valence-corrected chi connectivity index (χ2v) is 9.29. The third-order valence-electron chi connectivity index (χ3n) is 6.58. The van der Waals surface area contributed by atoms with Crippen LogP contribution in [0.15, 0.2) is 94.8 Å². The van der Waals surface area contributed by atoms with E-state index < -0.39 is 11.9 Å². The van der Waals surface area contributed by atoms with Gasteiger partial charge >= 0.3 is 5.97 Å². The average molecular weight is 519 g/mol. The number of hydrogen-bond donors (Lipinski definition) is 1. The minimum absolute atomic E-state index is 0.0975. The van der Waals surface area contributed by atoms with E-state index in [1.165, 1.54) is 33.8 Å². The van der Waals surface area contributed by atoms with Gasteiger partial charge < -0.3 is 10.0 Å². The first-order chi connectivity index (χ1) is 18.8. The predicted molar refractivity (Wildman–Crippen MR) is 152 cm³/mol. The van der Waals surface area contributed by atoms with Crippen LogP contribution in [0, 0.1) is 6.92 Å². The Bertz CT molecular complexity index is 1790. The molecule has 194 valence electrons. The lowest BCUT2D eigenvalue weighted by atomic mass is 10.1. The Hall–Kier alpha value is -5.24. The fraction of sp³-hybridized carbons (Fsp3) is 0.0968. The van der Waals surface area contributed by atoms with Crippen LogP contribution in [0.2, 0.25) is 0 Å². The first kappa shape index (κ1) is 25.4. The summed E-state index contributed by atoms with van der Waals surface area (Å²) in [5, 5.41) is 15.3. The Morgan fingerprint density at radius 3 is 2.18 bits per heavy atom. The molecular weight excluding hydrogens is 492 g/mol. The number of rotatable bonds is 6. The highest BCUT2D eigenvalue weighted by atomic mass is 16.4. The highest BCUT2D eigenvalue weighted by Crippen LogP contribution is 2.21. The second kappa shape index (κ2) is 10.3. The molecule has 1 N–H and O–H groups in total. The highest BCUT2D eigenvalue weighted by molar-refractivity contribution is 6.08. The number of aromatic nitrogens is 1. The normalized spacial score (nSPS) is 13.1. The van der Waals surface area contributed by atoms with E-state index in [-0.39, 0.29) is 16.6 Å². The first-order valence-corrected chi connectivity index (χ1v) is 12.3. The van der Waals surface area contributed by atoms with Gasteiger partial charge in [0.2, 0.25) is 0 Å². The third-order valence-corrected chi connectivity index (χ3v) is 6.58. The summed E-state index contributed by atoms with van der Waals surface area (Å²) in [6.07, 6.45) is 5.42. The predicted octanol–water partition coefficient (Wildman–Crippen LogP) is 3.60. The lowest BCUT2D eigenvalue weighted by Gasteiger charge is -2.12. The van der Waals surface area contributed by atoms with Gasteiger partial charge in [0.25, 0.3) is 11.5 Å². The topological polar surface area (TPSA) is 95.2 Å². The summed E-state index contributed by atoms with van der Waals surface area (Å²) < 4.78 is 1.44. The molecule has 8 nitrogen and oxygen atoms in total. The number of fused-ring (bicyclic) bond motifs is 1. The minimum atomic E-state index is -1.06. The molecule has 0 unspecified atom stereocenters. The number of amides is 1. The van der Waals surface area contributed by atoms with Crippen LogP contribution in [0.4, 0.5) is 11.4 Å². The van der Waals surface area contributed by atoms with E-state index in [0.29, 0.717) is 27.7 Å². The maximum absolute atomic E-state index is 13.8. The molecule has 1 aromatic heterocycles. The van der Waals surface area contributed by atoms with Gasteiger partial charge in [-0.3, -0.25) is 14.2 Å². The van der Waals surface area contributed by atoms with Gasteiger partial charge in [-0.15, -0.1) is 5.10 Å². The molecule has 4 aromatic rings. The van der Waals surface area contributed by atoms with E-state index >= 15 is 0 Å². The average Bonchev–Trinajstić information content (AvgIpc) is 3.28. The molecule has 39 heavy (non-hydrogen) atoms. The van der Waals surface area contributed by atoms with Crippen molar-refractivity contribution < 1.29 is 14.7 Å². The van der Waals surface area contributed by atoms with Crippen molar-refractivity contribution in [3.05, 3.63) is 128 Å². The SMILES string of the molecule is Cc1c2c(n(-c3ccccc3)c(=O)/c1=C\C=Cc1ccc(N(C)C)cc1)=NN(c1ccc(C(=O)O)cc1)C2=O. The molecule has 0 saturated carbocycles. The fourth-order valence-electron chi connectivity index (χ4n) is 4.46. The standard InChI is InChI=1S/C31H26N4O4/c1-20-26(11-7-8-21-12-16-23(17-13-21)33(2)3)29(36)34(24-9-5-4-6-10-24)28-27(20)30(37)35(32-28)25-18-14-22(15-19-25)31(38)39/h4-19H,1-3H3,(H,38,39)/b8-7?,26-11-. The number of aromatic carboxylic acids is 1. The number of allylic oxidation sites excluding steroid dienone is 1. The Labute approximate surface area is 224 Å². The van der Waals surface area contributed by atoms with Crippen molar-refractivity contribution in [2.75, 3.05) is 24.0 Å². The van der Waals surface area contributed by atoms with E-state index in [2.05, 4.69) is 5.10 Å². The summed E-state index contributed by atoms with van der Waals surface area (Å²) in [7, 11) is 3.96. The molecule has 2 heterocycles. The molecule has 1 aliphatic heterocycles. The van der Waals surface area contributed by atoms with Crippen molar-refractivity contribution in [3.8, 4) is 5.69 Å².